The maximum absolute atomic E-state index is 13.0. The molecule has 0 bridgehead atoms. The largest absolute Gasteiger partial charge is 0.288 e. The monoisotopic (exact) mass is 422 g/mol. The smallest absolute Gasteiger partial charge is 0.198 e. The van der Waals surface area contributed by atoms with Crippen LogP contribution in [0.5, 0.6) is 0 Å². The van der Waals surface area contributed by atoms with E-state index in [2.05, 4.69) is 10.5 Å². The Balaban J connectivity index is 1.52. The Labute approximate surface area is 169 Å². The van der Waals surface area contributed by atoms with Crippen LogP contribution in [0.4, 0.5) is 4.39 Å². The molecule has 0 atom stereocenters. The summed E-state index contributed by atoms with van der Waals surface area (Å²) in [6.45, 7) is 0.124. The Morgan fingerprint density at radius 3 is 2.74 bits per heavy atom. The predicted molar refractivity (Wildman–Crippen MR) is 105 cm³/mol. The molecule has 0 radical (unpaired) electrons. The molecular formula is C19H13Cl2FN2O2S. The van der Waals surface area contributed by atoms with E-state index in [1.165, 1.54) is 48.0 Å². The van der Waals surface area contributed by atoms with Gasteiger partial charge in [0, 0.05) is 34.1 Å². The third kappa shape index (κ3) is 5.37. The Kier molecular flexibility index (Phi) is 6.58. The summed E-state index contributed by atoms with van der Waals surface area (Å²) < 4.78 is 13.0. The van der Waals surface area contributed by atoms with E-state index in [1.54, 1.807) is 12.1 Å². The predicted octanol–water partition coefficient (Wildman–Crippen LogP) is 5.67. The molecule has 8 heteroatoms. The minimum Gasteiger partial charge on any atom is -0.288 e. The summed E-state index contributed by atoms with van der Waals surface area (Å²) in [5.74, 6) is -0.617. The molecule has 0 aliphatic heterocycles. The summed E-state index contributed by atoms with van der Waals surface area (Å²) in [6.07, 6.45) is 4.24. The zero-order chi connectivity index (χ0) is 19.2. The lowest BCUT2D eigenvalue weighted by molar-refractivity contribution is 0.0572. The lowest BCUT2D eigenvalue weighted by atomic mass is 10.2. The lowest BCUT2D eigenvalue weighted by Crippen LogP contribution is -2.07. The van der Waals surface area contributed by atoms with Crippen LogP contribution in [0.2, 0.25) is 10.0 Å². The van der Waals surface area contributed by atoms with Crippen molar-refractivity contribution in [1.82, 2.24) is 10.5 Å². The first kappa shape index (κ1) is 19.5. The molecule has 27 heavy (non-hydrogen) atoms. The van der Waals surface area contributed by atoms with Crippen molar-refractivity contribution < 1.29 is 14.0 Å². The molecule has 4 nitrogen and oxygen atoms in total. The van der Waals surface area contributed by atoms with Gasteiger partial charge in [-0.25, -0.2) is 9.37 Å². The van der Waals surface area contributed by atoms with Crippen molar-refractivity contribution in [1.29, 1.82) is 0 Å². The number of carbonyl (C=O) groups is 1. The van der Waals surface area contributed by atoms with Crippen LogP contribution < -0.4 is 5.48 Å². The number of rotatable bonds is 7. The maximum Gasteiger partial charge on any atom is 0.198 e. The molecule has 1 N–H and O–H groups in total. The van der Waals surface area contributed by atoms with Gasteiger partial charge in [0.2, 0.25) is 0 Å². The molecule has 0 spiro atoms. The zero-order valence-corrected chi connectivity index (χ0v) is 16.1. The van der Waals surface area contributed by atoms with E-state index in [0.717, 1.165) is 10.6 Å². The fourth-order valence-corrected chi connectivity index (χ4v) is 3.30. The first-order valence-electron chi connectivity index (χ1n) is 7.77. The highest BCUT2D eigenvalue weighted by Crippen LogP contribution is 2.26. The van der Waals surface area contributed by atoms with Gasteiger partial charge < -0.3 is 0 Å². The summed E-state index contributed by atoms with van der Waals surface area (Å²) in [5, 5.41) is 1.65. The molecule has 0 unspecified atom stereocenters. The summed E-state index contributed by atoms with van der Waals surface area (Å²) in [6, 6.07) is 11.3. The van der Waals surface area contributed by atoms with E-state index in [9.17, 15) is 9.18 Å². The Bertz CT molecular complexity index is 974. The normalized spacial score (nSPS) is 11.1. The van der Waals surface area contributed by atoms with Crippen LogP contribution in [-0.4, -0.2) is 10.8 Å². The second-order valence-corrected chi connectivity index (χ2v) is 7.25. The number of halogens is 3. The summed E-state index contributed by atoms with van der Waals surface area (Å²) >= 11 is 13.1. The highest BCUT2D eigenvalue weighted by molar-refractivity contribution is 7.17. The zero-order valence-electron chi connectivity index (χ0n) is 13.8. The van der Waals surface area contributed by atoms with Crippen molar-refractivity contribution in [2.75, 3.05) is 0 Å². The quantitative estimate of drug-likeness (QED) is 0.230. The Morgan fingerprint density at radius 2 is 2.00 bits per heavy atom. The van der Waals surface area contributed by atoms with Crippen LogP contribution in [-0.2, 0) is 11.4 Å². The number of ketones is 1. The average molecular weight is 423 g/mol. The average Bonchev–Trinajstić information content (AvgIpc) is 3.14. The molecule has 0 saturated carbocycles. The second-order valence-electron chi connectivity index (χ2n) is 5.38. The van der Waals surface area contributed by atoms with E-state index in [-0.39, 0.29) is 17.4 Å². The van der Waals surface area contributed by atoms with Crippen LogP contribution >= 0.6 is 34.5 Å². The van der Waals surface area contributed by atoms with Crippen LogP contribution in [0.25, 0.3) is 10.6 Å². The van der Waals surface area contributed by atoms with Gasteiger partial charge in [0.1, 0.15) is 17.4 Å². The van der Waals surface area contributed by atoms with Crippen molar-refractivity contribution >= 4 is 40.3 Å². The number of aromatic nitrogens is 1. The first-order chi connectivity index (χ1) is 13.0. The van der Waals surface area contributed by atoms with Gasteiger partial charge in [0.25, 0.3) is 0 Å². The van der Waals surface area contributed by atoms with Gasteiger partial charge >= 0.3 is 0 Å². The van der Waals surface area contributed by atoms with Gasteiger partial charge in [0.05, 0.1) is 4.88 Å². The van der Waals surface area contributed by atoms with Gasteiger partial charge in [-0.2, -0.15) is 0 Å². The number of hydrogen-bond donors (Lipinski definition) is 1. The fraction of sp³-hybridized carbons (Fsp3) is 0.0526. The van der Waals surface area contributed by atoms with Gasteiger partial charge in [-0.15, -0.1) is 11.3 Å². The van der Waals surface area contributed by atoms with E-state index in [0.29, 0.717) is 15.5 Å². The molecule has 0 amide bonds. The number of allylic oxidation sites excluding steroid dienone is 1. The topological polar surface area (TPSA) is 51.2 Å². The molecule has 0 aliphatic carbocycles. The number of nitrogens with one attached hydrogen (secondary N) is 1. The maximum atomic E-state index is 13.0. The molecule has 1 heterocycles. The molecule has 2 aromatic carbocycles. The van der Waals surface area contributed by atoms with Crippen molar-refractivity contribution in [3.05, 3.63) is 87.2 Å². The van der Waals surface area contributed by atoms with E-state index < -0.39 is 5.82 Å². The first-order valence-corrected chi connectivity index (χ1v) is 9.34. The van der Waals surface area contributed by atoms with Crippen LogP contribution in [0, 0.1) is 5.82 Å². The number of benzene rings is 2. The molecule has 1 aromatic heterocycles. The Hall–Kier alpha value is -2.25. The standard InChI is InChI=1S/C19H13Cl2FN2O2S/c20-14-4-1-12(2-5-14)19-23-10-18(27-19)17(25)7-8-24-26-11-13-3-6-15(22)9-16(13)21/h1-10,24H,11H2. The fourth-order valence-electron chi connectivity index (χ4n) is 2.11. The van der Waals surface area contributed by atoms with Crippen molar-refractivity contribution in [2.45, 2.75) is 6.61 Å². The SMILES string of the molecule is O=C(C=CNOCc1ccc(F)cc1Cl)c1cnc(-c2ccc(Cl)cc2)s1. The molecule has 3 aromatic rings. The van der Waals surface area contributed by atoms with Gasteiger partial charge in [0.15, 0.2) is 5.78 Å². The molecule has 0 saturated heterocycles. The van der Waals surface area contributed by atoms with Gasteiger partial charge in [-0.3, -0.25) is 15.1 Å². The van der Waals surface area contributed by atoms with Crippen LogP contribution in [0.3, 0.4) is 0 Å². The minimum absolute atomic E-state index is 0.124. The van der Waals surface area contributed by atoms with E-state index >= 15 is 0 Å². The van der Waals surface area contributed by atoms with E-state index in [1.807, 2.05) is 12.1 Å². The molecule has 3 rings (SSSR count). The number of nitrogens with zero attached hydrogens (tertiary/aromatic N) is 1. The molecular weight excluding hydrogens is 410 g/mol. The van der Waals surface area contributed by atoms with Crippen molar-refractivity contribution in [3.63, 3.8) is 0 Å². The van der Waals surface area contributed by atoms with Crippen molar-refractivity contribution in [2.24, 2.45) is 0 Å². The number of carbonyl (C=O) groups excluding carboxylic acids is 1. The third-order valence-electron chi connectivity index (χ3n) is 3.47. The summed E-state index contributed by atoms with van der Waals surface area (Å²) in [7, 11) is 0. The lowest BCUT2D eigenvalue weighted by Gasteiger charge is -2.04. The third-order valence-corrected chi connectivity index (χ3v) is 5.13. The van der Waals surface area contributed by atoms with E-state index in [4.69, 9.17) is 28.0 Å². The highest BCUT2D eigenvalue weighted by Gasteiger charge is 2.09. The van der Waals surface area contributed by atoms with Gasteiger partial charge in [-0.1, -0.05) is 41.4 Å². The number of hydrogen-bond acceptors (Lipinski definition) is 5. The van der Waals surface area contributed by atoms with Gasteiger partial charge in [-0.05, 0) is 29.8 Å². The molecule has 0 fully saturated rings. The van der Waals surface area contributed by atoms with Crippen molar-refractivity contribution in [3.8, 4) is 10.6 Å². The second kappa shape index (κ2) is 9.10. The molecule has 0 aliphatic rings. The minimum atomic E-state index is -0.412. The Morgan fingerprint density at radius 1 is 1.22 bits per heavy atom. The number of hydroxylamine groups is 1. The molecule has 138 valence electrons. The summed E-state index contributed by atoms with van der Waals surface area (Å²) in [5.41, 5.74) is 4.06. The number of thiazole rings is 1. The van der Waals surface area contributed by atoms with Crippen LogP contribution in [0.1, 0.15) is 15.2 Å². The highest BCUT2D eigenvalue weighted by atomic mass is 35.5. The summed E-state index contributed by atoms with van der Waals surface area (Å²) in [4.78, 5) is 22.1. The van der Waals surface area contributed by atoms with Crippen LogP contribution in [0.15, 0.2) is 60.9 Å².